The zero-order valence-electron chi connectivity index (χ0n) is 5.58. The summed E-state index contributed by atoms with van der Waals surface area (Å²) >= 11 is 5.17. The van der Waals surface area contributed by atoms with Gasteiger partial charge in [-0.3, -0.25) is 4.79 Å². The van der Waals surface area contributed by atoms with Crippen molar-refractivity contribution < 1.29 is 9.63 Å². The van der Waals surface area contributed by atoms with E-state index in [9.17, 15) is 4.79 Å². The fraction of sp³-hybridized carbons (Fsp3) is 0.333. The Bertz CT molecular complexity index is 154. The Morgan fingerprint density at radius 1 is 1.80 bits per heavy atom. The van der Waals surface area contributed by atoms with Crippen LogP contribution < -0.4 is 0 Å². The lowest BCUT2D eigenvalue weighted by Gasteiger charge is -1.90. The molecule has 3 nitrogen and oxygen atoms in total. The van der Waals surface area contributed by atoms with Gasteiger partial charge in [0.2, 0.25) is 0 Å². The molecule has 0 rings (SSSR count). The van der Waals surface area contributed by atoms with Gasteiger partial charge in [0, 0.05) is 5.54 Å². The minimum atomic E-state index is 0.286. The van der Waals surface area contributed by atoms with Gasteiger partial charge in [0.05, 0.1) is 0 Å². The van der Waals surface area contributed by atoms with Crippen molar-refractivity contribution in [3.63, 3.8) is 0 Å². The molecule has 0 aliphatic rings. The molecular weight excluding hydrogens is 154 g/mol. The normalized spacial score (nSPS) is 12.0. The molecule has 56 valence electrons. The molecule has 0 aromatic carbocycles. The van der Waals surface area contributed by atoms with Crippen LogP contribution in [0, 0.1) is 0 Å². The van der Waals surface area contributed by atoms with Crippen LogP contribution in [0.4, 0.5) is 0 Å². The maximum absolute atomic E-state index is 9.91. The molecule has 0 spiro atoms. The lowest BCUT2D eigenvalue weighted by Crippen LogP contribution is -1.93. The standard InChI is InChI=1S/C6H8ClNO2/c1-6(5-9)8-10-4-2-3-7/h2-3,5H,4H2,1H3/b3-2+,8-6-. The molecule has 0 saturated carbocycles. The van der Waals surface area contributed by atoms with E-state index < -0.39 is 0 Å². The summed E-state index contributed by atoms with van der Waals surface area (Å²) in [4.78, 5) is 14.5. The first kappa shape index (κ1) is 9.17. The highest BCUT2D eigenvalue weighted by Gasteiger charge is 1.83. The average Bonchev–Trinajstić information content (AvgIpc) is 1.98. The second-order valence-corrected chi connectivity index (χ2v) is 1.76. The van der Waals surface area contributed by atoms with Gasteiger partial charge in [-0.25, -0.2) is 0 Å². The van der Waals surface area contributed by atoms with Gasteiger partial charge in [-0.05, 0) is 13.0 Å². The van der Waals surface area contributed by atoms with E-state index in [2.05, 4.69) is 9.99 Å². The third-order valence-corrected chi connectivity index (χ3v) is 0.817. The van der Waals surface area contributed by atoms with Crippen molar-refractivity contribution in [3.8, 4) is 0 Å². The van der Waals surface area contributed by atoms with Gasteiger partial charge in [-0.2, -0.15) is 0 Å². The molecule has 0 bridgehead atoms. The molecule has 0 aliphatic heterocycles. The Morgan fingerprint density at radius 2 is 2.50 bits per heavy atom. The Labute approximate surface area is 64.3 Å². The highest BCUT2D eigenvalue weighted by molar-refractivity contribution is 6.26. The van der Waals surface area contributed by atoms with E-state index in [1.165, 1.54) is 5.54 Å². The van der Waals surface area contributed by atoms with Crippen molar-refractivity contribution in [2.75, 3.05) is 6.61 Å². The van der Waals surface area contributed by atoms with Crippen LogP contribution in [0.3, 0.4) is 0 Å². The van der Waals surface area contributed by atoms with E-state index in [1.807, 2.05) is 0 Å². The first-order chi connectivity index (χ1) is 4.81. The molecule has 0 unspecified atom stereocenters. The quantitative estimate of drug-likeness (QED) is 0.270. The summed E-state index contributed by atoms with van der Waals surface area (Å²) in [7, 11) is 0. The van der Waals surface area contributed by atoms with Crippen LogP contribution in [0.2, 0.25) is 0 Å². The summed E-state index contributed by atoms with van der Waals surface area (Å²) in [6.07, 6.45) is 2.19. The van der Waals surface area contributed by atoms with Gasteiger partial charge in [-0.1, -0.05) is 16.8 Å². The molecule has 0 aliphatic carbocycles. The number of carbonyl (C=O) groups excluding carboxylic acids is 1. The van der Waals surface area contributed by atoms with Gasteiger partial charge in [-0.15, -0.1) is 0 Å². The SMILES string of the molecule is C/C(C=O)=N/OC/C=C/Cl. The molecule has 0 radical (unpaired) electrons. The van der Waals surface area contributed by atoms with E-state index in [0.29, 0.717) is 12.0 Å². The number of aldehydes is 1. The Kier molecular flexibility index (Phi) is 5.77. The summed E-state index contributed by atoms with van der Waals surface area (Å²) in [5.74, 6) is 0. The van der Waals surface area contributed by atoms with Crippen LogP contribution in [-0.2, 0) is 9.63 Å². The number of hydrogen-bond acceptors (Lipinski definition) is 3. The van der Waals surface area contributed by atoms with Gasteiger partial charge < -0.3 is 4.84 Å². The number of carbonyl (C=O) groups is 1. The smallest absolute Gasteiger partial charge is 0.167 e. The lowest BCUT2D eigenvalue weighted by atomic mass is 10.5. The van der Waals surface area contributed by atoms with Crippen LogP contribution in [0.15, 0.2) is 16.8 Å². The lowest BCUT2D eigenvalue weighted by molar-refractivity contribution is -0.102. The van der Waals surface area contributed by atoms with Crippen LogP contribution in [0.5, 0.6) is 0 Å². The molecule has 0 aromatic rings. The number of nitrogens with zero attached hydrogens (tertiary/aromatic N) is 1. The summed E-state index contributed by atoms with van der Waals surface area (Å²) in [6, 6.07) is 0. The fourth-order valence-corrected chi connectivity index (χ4v) is 0.313. The molecule has 0 amide bonds. The third-order valence-electron chi connectivity index (χ3n) is 0.639. The molecule has 0 aromatic heterocycles. The van der Waals surface area contributed by atoms with Crippen molar-refractivity contribution >= 4 is 23.6 Å². The first-order valence-electron chi connectivity index (χ1n) is 2.68. The molecule has 4 heteroatoms. The fourth-order valence-electron chi connectivity index (χ4n) is 0.240. The Balaban J connectivity index is 3.42. The summed E-state index contributed by atoms with van der Waals surface area (Å²) in [6.45, 7) is 1.84. The van der Waals surface area contributed by atoms with Crippen molar-refractivity contribution in [3.05, 3.63) is 11.6 Å². The average molecular weight is 162 g/mol. The zero-order chi connectivity index (χ0) is 7.82. The van der Waals surface area contributed by atoms with Gasteiger partial charge in [0.15, 0.2) is 6.29 Å². The highest BCUT2D eigenvalue weighted by Crippen LogP contribution is 1.82. The summed E-state index contributed by atoms with van der Waals surface area (Å²) < 4.78 is 0. The minimum absolute atomic E-state index is 0.286. The van der Waals surface area contributed by atoms with Crippen molar-refractivity contribution in [1.82, 2.24) is 0 Å². The van der Waals surface area contributed by atoms with Crippen molar-refractivity contribution in [2.24, 2.45) is 5.16 Å². The van der Waals surface area contributed by atoms with Gasteiger partial charge >= 0.3 is 0 Å². The molecule has 0 fully saturated rings. The van der Waals surface area contributed by atoms with Gasteiger partial charge in [0.25, 0.3) is 0 Å². The number of rotatable bonds is 4. The predicted molar refractivity (Wildman–Crippen MR) is 40.1 cm³/mol. The molecule has 0 N–H and O–H groups in total. The monoisotopic (exact) mass is 161 g/mol. The topological polar surface area (TPSA) is 38.7 Å². The number of halogens is 1. The Morgan fingerprint density at radius 3 is 3.00 bits per heavy atom. The third kappa shape index (κ3) is 5.31. The largest absolute Gasteiger partial charge is 0.391 e. The molecule has 10 heavy (non-hydrogen) atoms. The second-order valence-electron chi connectivity index (χ2n) is 1.51. The number of oxime groups is 1. The van der Waals surface area contributed by atoms with E-state index >= 15 is 0 Å². The summed E-state index contributed by atoms with van der Waals surface area (Å²) in [5.41, 5.74) is 1.63. The highest BCUT2D eigenvalue weighted by atomic mass is 35.5. The van der Waals surface area contributed by atoms with Crippen molar-refractivity contribution in [2.45, 2.75) is 6.92 Å². The van der Waals surface area contributed by atoms with Crippen LogP contribution in [0.25, 0.3) is 0 Å². The van der Waals surface area contributed by atoms with Crippen LogP contribution in [-0.4, -0.2) is 18.6 Å². The maximum atomic E-state index is 9.91. The Hall–Kier alpha value is -0.830. The van der Waals surface area contributed by atoms with E-state index in [4.69, 9.17) is 11.6 Å². The maximum Gasteiger partial charge on any atom is 0.167 e. The molecule has 0 saturated heterocycles. The van der Waals surface area contributed by atoms with Crippen LogP contribution >= 0.6 is 11.6 Å². The number of hydrogen-bond donors (Lipinski definition) is 0. The van der Waals surface area contributed by atoms with E-state index in [1.54, 1.807) is 13.0 Å². The second kappa shape index (κ2) is 6.29. The van der Waals surface area contributed by atoms with E-state index in [0.717, 1.165) is 0 Å². The predicted octanol–water partition coefficient (Wildman–Crippen LogP) is 1.33. The van der Waals surface area contributed by atoms with E-state index in [-0.39, 0.29) is 6.61 Å². The first-order valence-corrected chi connectivity index (χ1v) is 3.12. The molecule has 0 heterocycles. The molecular formula is C6H8ClNO2. The van der Waals surface area contributed by atoms with Gasteiger partial charge in [0.1, 0.15) is 12.3 Å². The minimum Gasteiger partial charge on any atom is -0.391 e. The summed E-state index contributed by atoms with van der Waals surface area (Å²) in [5, 5.41) is 3.42. The van der Waals surface area contributed by atoms with Crippen molar-refractivity contribution in [1.29, 1.82) is 0 Å². The van der Waals surface area contributed by atoms with Crippen LogP contribution in [0.1, 0.15) is 6.92 Å². The molecule has 0 atom stereocenters. The zero-order valence-corrected chi connectivity index (χ0v) is 6.34.